The second-order valence-electron chi connectivity index (χ2n) is 11.5. The molecular formula is C30H40N2O2. The summed E-state index contributed by atoms with van der Waals surface area (Å²) in [6.45, 7) is 12.1. The van der Waals surface area contributed by atoms with E-state index < -0.39 is 0 Å². The number of alkyl carbamates (subject to hydrolysis) is 1. The molecule has 2 atom stereocenters. The van der Waals surface area contributed by atoms with Crippen molar-refractivity contribution in [3.63, 3.8) is 0 Å². The largest absolute Gasteiger partial charge is 0.445 e. The molecule has 2 aromatic carbocycles. The van der Waals surface area contributed by atoms with Crippen LogP contribution in [0.4, 0.5) is 4.79 Å². The molecule has 0 unspecified atom stereocenters. The van der Waals surface area contributed by atoms with E-state index in [9.17, 15) is 4.79 Å². The van der Waals surface area contributed by atoms with E-state index >= 15 is 0 Å². The third-order valence-corrected chi connectivity index (χ3v) is 8.43. The summed E-state index contributed by atoms with van der Waals surface area (Å²) in [7, 11) is 0. The SMILES string of the molecule is CCCCc1ccc(-c2cc3c(cc2C)[C@H](NC(=O)O[C@@H]2CN4CCC2CC4)C(C)(C)C3)cc1. The van der Waals surface area contributed by atoms with Crippen molar-refractivity contribution in [2.75, 3.05) is 19.6 Å². The zero-order chi connectivity index (χ0) is 23.9. The third-order valence-electron chi connectivity index (χ3n) is 8.43. The van der Waals surface area contributed by atoms with Crippen LogP contribution in [0, 0.1) is 18.3 Å². The number of rotatable bonds is 6. The Labute approximate surface area is 205 Å². The van der Waals surface area contributed by atoms with Gasteiger partial charge in [-0.05, 0) is 96.8 Å². The van der Waals surface area contributed by atoms with Gasteiger partial charge < -0.3 is 10.1 Å². The highest BCUT2D eigenvalue weighted by molar-refractivity contribution is 5.72. The molecular weight excluding hydrogens is 420 g/mol. The van der Waals surface area contributed by atoms with E-state index in [0.717, 1.165) is 45.3 Å². The molecule has 3 heterocycles. The topological polar surface area (TPSA) is 41.6 Å². The fourth-order valence-corrected chi connectivity index (χ4v) is 6.36. The molecule has 34 heavy (non-hydrogen) atoms. The first-order valence-corrected chi connectivity index (χ1v) is 13.3. The summed E-state index contributed by atoms with van der Waals surface area (Å²) in [6.07, 6.45) is 6.65. The Morgan fingerprint density at radius 2 is 1.88 bits per heavy atom. The quantitative estimate of drug-likeness (QED) is 0.539. The number of hydrogen-bond donors (Lipinski definition) is 1. The van der Waals surface area contributed by atoms with Crippen LogP contribution in [0.1, 0.15) is 74.8 Å². The Bertz CT molecular complexity index is 1030. The van der Waals surface area contributed by atoms with Gasteiger partial charge in [-0.15, -0.1) is 0 Å². The molecule has 1 aliphatic carbocycles. The number of carbonyl (C=O) groups is 1. The van der Waals surface area contributed by atoms with Crippen molar-refractivity contribution in [1.82, 2.24) is 10.2 Å². The van der Waals surface area contributed by atoms with Crippen LogP contribution in [-0.4, -0.2) is 36.7 Å². The molecule has 0 saturated carbocycles. The number of carbonyl (C=O) groups excluding carboxylic acids is 1. The zero-order valence-corrected chi connectivity index (χ0v) is 21.3. The van der Waals surface area contributed by atoms with Gasteiger partial charge in [0.1, 0.15) is 6.10 Å². The van der Waals surface area contributed by atoms with E-state index in [0.29, 0.717) is 5.92 Å². The van der Waals surface area contributed by atoms with Gasteiger partial charge in [0.05, 0.1) is 6.04 Å². The van der Waals surface area contributed by atoms with Crippen molar-refractivity contribution in [1.29, 1.82) is 0 Å². The molecule has 0 radical (unpaired) electrons. The van der Waals surface area contributed by atoms with E-state index in [1.807, 2.05) is 0 Å². The van der Waals surface area contributed by atoms with Gasteiger partial charge in [0.25, 0.3) is 0 Å². The van der Waals surface area contributed by atoms with Gasteiger partial charge in [-0.3, -0.25) is 4.90 Å². The van der Waals surface area contributed by atoms with Gasteiger partial charge in [-0.1, -0.05) is 63.6 Å². The van der Waals surface area contributed by atoms with Crippen LogP contribution in [0.5, 0.6) is 0 Å². The van der Waals surface area contributed by atoms with Crippen molar-refractivity contribution in [3.8, 4) is 11.1 Å². The minimum atomic E-state index is -0.255. The summed E-state index contributed by atoms with van der Waals surface area (Å²) >= 11 is 0. The lowest BCUT2D eigenvalue weighted by Gasteiger charge is -2.44. The Morgan fingerprint density at radius 1 is 1.15 bits per heavy atom. The maximum atomic E-state index is 13.0. The van der Waals surface area contributed by atoms with Gasteiger partial charge in [0.2, 0.25) is 0 Å². The number of nitrogens with zero attached hydrogens (tertiary/aromatic N) is 1. The second-order valence-corrected chi connectivity index (χ2v) is 11.5. The van der Waals surface area contributed by atoms with Gasteiger partial charge in [-0.2, -0.15) is 0 Å². The molecule has 6 rings (SSSR count). The average Bonchev–Trinajstić information content (AvgIpc) is 3.07. The molecule has 2 bridgehead atoms. The molecule has 3 aliphatic heterocycles. The van der Waals surface area contributed by atoms with Gasteiger partial charge >= 0.3 is 6.09 Å². The Balaban J connectivity index is 1.32. The summed E-state index contributed by atoms with van der Waals surface area (Å²) in [5.41, 5.74) is 7.78. The predicted molar refractivity (Wildman–Crippen MR) is 138 cm³/mol. The van der Waals surface area contributed by atoms with Gasteiger partial charge in [0.15, 0.2) is 0 Å². The maximum Gasteiger partial charge on any atom is 0.407 e. The van der Waals surface area contributed by atoms with Crippen LogP contribution in [0.3, 0.4) is 0 Å². The number of benzene rings is 2. The van der Waals surface area contributed by atoms with Crippen LogP contribution in [0.2, 0.25) is 0 Å². The predicted octanol–water partition coefficient (Wildman–Crippen LogP) is 6.45. The number of amides is 1. The molecule has 4 nitrogen and oxygen atoms in total. The highest BCUT2D eigenvalue weighted by atomic mass is 16.6. The summed E-state index contributed by atoms with van der Waals surface area (Å²) in [4.78, 5) is 15.4. The first-order chi connectivity index (χ1) is 16.3. The smallest absolute Gasteiger partial charge is 0.407 e. The standard InChI is InChI=1S/C30H40N2O2/c1-5-6-7-21-8-10-22(11-9-21)25-17-24-18-30(3,4)28(26(24)16-20(25)2)31-29(33)34-27-19-32-14-12-23(27)13-15-32/h8-11,16-17,23,27-28H,5-7,12-15,18-19H2,1-4H3,(H,31,33)/t27-,28+/m1/s1. The Kier molecular flexibility index (Phi) is 6.45. The lowest BCUT2D eigenvalue weighted by Crippen LogP contribution is -2.53. The number of aryl methyl sites for hydroxylation is 2. The highest BCUT2D eigenvalue weighted by Crippen LogP contribution is 2.47. The minimum absolute atomic E-state index is 0.0275. The van der Waals surface area contributed by atoms with Crippen LogP contribution in [0.25, 0.3) is 11.1 Å². The van der Waals surface area contributed by atoms with Crippen molar-refractivity contribution in [3.05, 3.63) is 58.7 Å². The lowest BCUT2D eigenvalue weighted by atomic mass is 9.85. The molecule has 4 heteroatoms. The molecule has 2 aromatic rings. The normalized spacial score (nSPS) is 26.8. The van der Waals surface area contributed by atoms with E-state index in [1.165, 1.54) is 46.2 Å². The van der Waals surface area contributed by atoms with Crippen molar-refractivity contribution in [2.45, 2.75) is 78.4 Å². The summed E-state index contributed by atoms with van der Waals surface area (Å²) in [6, 6.07) is 13.7. The van der Waals surface area contributed by atoms with E-state index in [1.54, 1.807) is 0 Å². The second kappa shape index (κ2) is 9.37. The molecule has 3 saturated heterocycles. The van der Waals surface area contributed by atoms with E-state index in [2.05, 4.69) is 74.3 Å². The summed E-state index contributed by atoms with van der Waals surface area (Å²) in [5.74, 6) is 0.526. The fraction of sp³-hybridized carbons (Fsp3) is 0.567. The summed E-state index contributed by atoms with van der Waals surface area (Å²) < 4.78 is 5.97. The number of ether oxygens (including phenoxy) is 1. The van der Waals surface area contributed by atoms with Crippen molar-refractivity contribution < 1.29 is 9.53 Å². The summed E-state index contributed by atoms with van der Waals surface area (Å²) in [5, 5.41) is 3.27. The number of nitrogens with one attached hydrogen (secondary N) is 1. The van der Waals surface area contributed by atoms with Crippen LogP contribution >= 0.6 is 0 Å². The minimum Gasteiger partial charge on any atom is -0.445 e. The molecule has 0 spiro atoms. The first-order valence-electron chi connectivity index (χ1n) is 13.3. The molecule has 4 aliphatic rings. The van der Waals surface area contributed by atoms with Crippen molar-refractivity contribution >= 4 is 6.09 Å². The Morgan fingerprint density at radius 3 is 2.53 bits per heavy atom. The van der Waals surface area contributed by atoms with Gasteiger partial charge in [0, 0.05) is 6.54 Å². The highest BCUT2D eigenvalue weighted by Gasteiger charge is 2.42. The van der Waals surface area contributed by atoms with Crippen LogP contribution < -0.4 is 5.32 Å². The molecule has 1 N–H and O–H groups in total. The fourth-order valence-electron chi connectivity index (χ4n) is 6.36. The molecule has 3 fully saturated rings. The zero-order valence-electron chi connectivity index (χ0n) is 21.3. The monoisotopic (exact) mass is 460 g/mol. The number of piperidine rings is 3. The molecule has 182 valence electrons. The van der Waals surface area contributed by atoms with Crippen LogP contribution in [-0.2, 0) is 17.6 Å². The maximum absolute atomic E-state index is 13.0. The molecule has 1 amide bonds. The van der Waals surface area contributed by atoms with E-state index in [-0.39, 0.29) is 23.7 Å². The molecule has 0 aromatic heterocycles. The number of fused-ring (bicyclic) bond motifs is 4. The average molecular weight is 461 g/mol. The first kappa shape index (κ1) is 23.4. The lowest BCUT2D eigenvalue weighted by molar-refractivity contribution is -0.0348. The van der Waals surface area contributed by atoms with Crippen molar-refractivity contribution in [2.24, 2.45) is 11.3 Å². The number of unbranched alkanes of at least 4 members (excludes halogenated alkanes) is 1. The van der Waals surface area contributed by atoms with E-state index in [4.69, 9.17) is 4.74 Å². The van der Waals surface area contributed by atoms with Gasteiger partial charge in [-0.25, -0.2) is 4.79 Å². The number of hydrogen-bond acceptors (Lipinski definition) is 3. The Hall–Kier alpha value is -2.33. The van der Waals surface area contributed by atoms with Crippen LogP contribution in [0.15, 0.2) is 36.4 Å². The third kappa shape index (κ3) is 4.62.